The maximum absolute atomic E-state index is 11.6. The normalized spacial score (nSPS) is 11.2. The van der Waals surface area contributed by atoms with Crippen LogP contribution < -0.4 is 0 Å². The van der Waals surface area contributed by atoms with E-state index in [9.17, 15) is 9.90 Å². The van der Waals surface area contributed by atoms with Gasteiger partial charge in [0.1, 0.15) is 0 Å². The molecule has 0 fully saturated rings. The highest BCUT2D eigenvalue weighted by molar-refractivity contribution is 7.98. The van der Waals surface area contributed by atoms with Crippen LogP contribution in [0, 0.1) is 0 Å². The maximum atomic E-state index is 11.6. The lowest BCUT2D eigenvalue weighted by molar-refractivity contribution is 0.0696. The summed E-state index contributed by atoms with van der Waals surface area (Å²) in [7, 11) is 0. The van der Waals surface area contributed by atoms with Crippen molar-refractivity contribution in [3.63, 3.8) is 0 Å². The van der Waals surface area contributed by atoms with Crippen LogP contribution in [0.15, 0.2) is 96.2 Å². The molecule has 0 aliphatic rings. The molecule has 0 aliphatic carbocycles. The van der Waals surface area contributed by atoms with Crippen LogP contribution in [0.5, 0.6) is 0 Å². The second kappa shape index (κ2) is 8.28. The Morgan fingerprint density at radius 3 is 2.45 bits per heavy atom. The minimum absolute atomic E-state index is 0.340. The highest BCUT2D eigenvalue weighted by Crippen LogP contribution is 2.30. The quantitative estimate of drug-likeness (QED) is 0.328. The Labute approximate surface area is 184 Å². The zero-order chi connectivity index (χ0) is 21.2. The van der Waals surface area contributed by atoms with E-state index < -0.39 is 5.97 Å². The van der Waals surface area contributed by atoms with Crippen LogP contribution in [0.2, 0.25) is 0 Å². The molecule has 4 nitrogen and oxygen atoms in total. The van der Waals surface area contributed by atoms with E-state index in [0.717, 1.165) is 21.8 Å². The molecule has 0 aliphatic heterocycles. The van der Waals surface area contributed by atoms with E-state index in [4.69, 9.17) is 4.98 Å². The van der Waals surface area contributed by atoms with Crippen molar-refractivity contribution in [3.8, 4) is 0 Å². The molecule has 31 heavy (non-hydrogen) atoms. The summed E-state index contributed by atoms with van der Waals surface area (Å²) in [4.78, 5) is 16.4. The van der Waals surface area contributed by atoms with Crippen LogP contribution in [0.4, 0.5) is 0 Å². The second-order valence-corrected chi connectivity index (χ2v) is 8.30. The van der Waals surface area contributed by atoms with E-state index in [1.807, 2.05) is 30.3 Å². The number of fused-ring (bicyclic) bond motifs is 2. The summed E-state index contributed by atoms with van der Waals surface area (Å²) in [5.74, 6) is -0.359. The summed E-state index contributed by atoms with van der Waals surface area (Å²) >= 11 is 1.57. The van der Waals surface area contributed by atoms with Crippen molar-refractivity contribution >= 4 is 39.5 Å². The highest BCUT2D eigenvalue weighted by Gasteiger charge is 2.15. The van der Waals surface area contributed by atoms with Gasteiger partial charge in [0.25, 0.3) is 0 Å². The number of carboxylic acids is 1. The molecule has 0 spiro atoms. The molecule has 1 N–H and O–H groups in total. The number of hydrogen-bond donors (Lipinski definition) is 1. The van der Waals surface area contributed by atoms with Gasteiger partial charge in [0.2, 0.25) is 0 Å². The first-order valence-electron chi connectivity index (χ1n) is 10.1. The Morgan fingerprint density at radius 2 is 1.55 bits per heavy atom. The third-order valence-corrected chi connectivity index (χ3v) is 6.46. The van der Waals surface area contributed by atoms with E-state index in [1.54, 1.807) is 23.9 Å². The average molecular weight is 425 g/mol. The van der Waals surface area contributed by atoms with Crippen molar-refractivity contribution in [1.29, 1.82) is 0 Å². The van der Waals surface area contributed by atoms with E-state index in [1.165, 1.54) is 16.3 Å². The summed E-state index contributed by atoms with van der Waals surface area (Å²) in [6.07, 6.45) is 0. The van der Waals surface area contributed by atoms with Crippen LogP contribution in [-0.4, -0.2) is 20.6 Å². The average Bonchev–Trinajstić information content (AvgIpc) is 3.15. The first kappa shape index (κ1) is 19.4. The largest absolute Gasteiger partial charge is 0.478 e. The van der Waals surface area contributed by atoms with Gasteiger partial charge in [-0.3, -0.25) is 0 Å². The topological polar surface area (TPSA) is 55.1 Å². The molecule has 5 heteroatoms. The van der Waals surface area contributed by atoms with Crippen LogP contribution >= 0.6 is 11.8 Å². The third kappa shape index (κ3) is 3.80. The smallest absolute Gasteiger partial charge is 0.335 e. The first-order valence-corrected chi connectivity index (χ1v) is 11.0. The predicted octanol–water partition coefficient (Wildman–Crippen LogP) is 6.23. The van der Waals surface area contributed by atoms with Crippen LogP contribution in [0.3, 0.4) is 0 Å². The molecule has 0 radical (unpaired) electrons. The van der Waals surface area contributed by atoms with E-state index in [0.29, 0.717) is 17.9 Å². The SMILES string of the molecule is O=C(O)c1ccccc1CSc1nc2ccccc2n1Cc1cccc2ccccc12. The highest BCUT2D eigenvalue weighted by atomic mass is 32.2. The number of benzene rings is 4. The van der Waals surface area contributed by atoms with Crippen molar-refractivity contribution < 1.29 is 9.90 Å². The molecule has 4 aromatic carbocycles. The van der Waals surface area contributed by atoms with Gasteiger partial charge in [-0.2, -0.15) is 0 Å². The minimum atomic E-state index is -0.902. The molecule has 0 saturated carbocycles. The lowest BCUT2D eigenvalue weighted by Gasteiger charge is -2.12. The summed E-state index contributed by atoms with van der Waals surface area (Å²) in [5, 5.41) is 12.8. The summed E-state index contributed by atoms with van der Waals surface area (Å²) < 4.78 is 2.23. The molecule has 0 unspecified atom stereocenters. The van der Waals surface area contributed by atoms with Gasteiger partial charge < -0.3 is 9.67 Å². The first-order chi connectivity index (χ1) is 15.2. The molecule has 1 aromatic heterocycles. The number of nitrogens with zero attached hydrogens (tertiary/aromatic N) is 2. The van der Waals surface area contributed by atoms with Crippen molar-refractivity contribution in [2.75, 3.05) is 0 Å². The van der Waals surface area contributed by atoms with Gasteiger partial charge in [0.05, 0.1) is 23.1 Å². The van der Waals surface area contributed by atoms with Gasteiger partial charge in [-0.05, 0) is 40.1 Å². The van der Waals surface area contributed by atoms with Crippen molar-refractivity contribution in [2.45, 2.75) is 17.5 Å². The fourth-order valence-corrected chi connectivity index (χ4v) is 4.93. The fourth-order valence-electron chi connectivity index (χ4n) is 3.91. The summed E-state index contributed by atoms with van der Waals surface area (Å²) in [6, 6.07) is 30.1. The molecule has 1 heterocycles. The molecule has 5 aromatic rings. The number of carboxylic acid groups (broad SMARTS) is 1. The number of hydrogen-bond acceptors (Lipinski definition) is 3. The molecule has 0 amide bonds. The second-order valence-electron chi connectivity index (χ2n) is 7.36. The lowest BCUT2D eigenvalue weighted by Crippen LogP contribution is -2.04. The van der Waals surface area contributed by atoms with Gasteiger partial charge in [0.15, 0.2) is 5.16 Å². The Morgan fingerprint density at radius 1 is 0.839 bits per heavy atom. The van der Waals surface area contributed by atoms with E-state index in [2.05, 4.69) is 53.1 Å². The van der Waals surface area contributed by atoms with Crippen LogP contribution in [-0.2, 0) is 12.3 Å². The molecule has 152 valence electrons. The van der Waals surface area contributed by atoms with Gasteiger partial charge in [-0.1, -0.05) is 84.6 Å². The Kier molecular flexibility index (Phi) is 5.18. The monoisotopic (exact) mass is 424 g/mol. The Hall–Kier alpha value is -3.57. The molecular formula is C26H20N2O2S. The van der Waals surface area contributed by atoms with Gasteiger partial charge in [-0.25, -0.2) is 9.78 Å². The third-order valence-electron chi connectivity index (χ3n) is 5.43. The molecular weight excluding hydrogens is 404 g/mol. The number of aromatic carboxylic acids is 1. The molecule has 0 atom stereocenters. The number of carbonyl (C=O) groups is 1. The number of aromatic nitrogens is 2. The van der Waals surface area contributed by atoms with Crippen molar-refractivity contribution in [3.05, 3.63) is 108 Å². The van der Waals surface area contributed by atoms with Gasteiger partial charge >= 0.3 is 5.97 Å². The number of rotatable bonds is 6. The standard InChI is InChI=1S/C26H20N2O2S/c29-25(30)22-13-4-2-9-20(22)17-31-26-27-23-14-5-6-15-24(23)28(26)16-19-11-7-10-18-8-1-3-12-21(18)19/h1-15H,16-17H2,(H,29,30). The lowest BCUT2D eigenvalue weighted by atomic mass is 10.0. The molecule has 5 rings (SSSR count). The van der Waals surface area contributed by atoms with Crippen LogP contribution in [0.25, 0.3) is 21.8 Å². The molecule has 0 saturated heterocycles. The van der Waals surface area contributed by atoms with Crippen molar-refractivity contribution in [1.82, 2.24) is 9.55 Å². The van der Waals surface area contributed by atoms with Gasteiger partial charge in [0, 0.05) is 5.75 Å². The van der Waals surface area contributed by atoms with Crippen LogP contribution in [0.1, 0.15) is 21.5 Å². The Bertz CT molecular complexity index is 1400. The summed E-state index contributed by atoms with van der Waals surface area (Å²) in [5.41, 5.74) is 4.38. The van der Waals surface area contributed by atoms with E-state index in [-0.39, 0.29) is 0 Å². The van der Waals surface area contributed by atoms with Gasteiger partial charge in [-0.15, -0.1) is 0 Å². The number of thioether (sulfide) groups is 1. The van der Waals surface area contributed by atoms with Crippen molar-refractivity contribution in [2.24, 2.45) is 0 Å². The summed E-state index contributed by atoms with van der Waals surface area (Å²) in [6.45, 7) is 0.699. The zero-order valence-electron chi connectivity index (χ0n) is 16.7. The Balaban J connectivity index is 1.54. The maximum Gasteiger partial charge on any atom is 0.335 e. The number of para-hydroxylation sites is 2. The number of imidazole rings is 1. The van der Waals surface area contributed by atoms with E-state index >= 15 is 0 Å². The zero-order valence-corrected chi connectivity index (χ0v) is 17.5. The predicted molar refractivity (Wildman–Crippen MR) is 126 cm³/mol. The minimum Gasteiger partial charge on any atom is -0.478 e. The fraction of sp³-hybridized carbons (Fsp3) is 0.0769. The molecule has 0 bridgehead atoms.